The summed E-state index contributed by atoms with van der Waals surface area (Å²) in [6.07, 6.45) is 0.901. The van der Waals surface area contributed by atoms with Crippen molar-refractivity contribution in [1.82, 2.24) is 5.32 Å². The molecule has 0 heterocycles. The van der Waals surface area contributed by atoms with Crippen molar-refractivity contribution < 1.29 is 17.9 Å². The van der Waals surface area contributed by atoms with E-state index in [4.69, 9.17) is 4.74 Å². The Bertz CT molecular complexity index is 1100. The molecule has 7 heteroatoms. The first-order chi connectivity index (χ1) is 14.9. The normalized spacial score (nSPS) is 12.1. The van der Waals surface area contributed by atoms with Gasteiger partial charge >= 0.3 is 0 Å². The second kappa shape index (κ2) is 10.1. The van der Waals surface area contributed by atoms with Gasteiger partial charge in [-0.05, 0) is 60.5 Å². The molecule has 1 atom stereocenters. The van der Waals surface area contributed by atoms with Gasteiger partial charge in [0.25, 0.3) is 15.9 Å². The van der Waals surface area contributed by atoms with Crippen molar-refractivity contribution in [3.63, 3.8) is 0 Å². The van der Waals surface area contributed by atoms with E-state index in [0.29, 0.717) is 23.5 Å². The topological polar surface area (TPSA) is 84.5 Å². The molecule has 0 fully saturated rings. The van der Waals surface area contributed by atoms with Crippen LogP contribution in [-0.2, 0) is 10.0 Å². The number of sulfonamides is 1. The number of hydrogen-bond acceptors (Lipinski definition) is 4. The SMILES string of the molecule is CCC(CNC(=O)c1ccc(S(=O)(=O)Nc2ccc(OC)cc2)cc1)c1ccccc1. The van der Waals surface area contributed by atoms with Crippen LogP contribution in [-0.4, -0.2) is 28.0 Å². The molecule has 6 nitrogen and oxygen atoms in total. The Morgan fingerprint density at radius 1 is 0.935 bits per heavy atom. The molecule has 0 saturated carbocycles. The Labute approximate surface area is 183 Å². The lowest BCUT2D eigenvalue weighted by Gasteiger charge is -2.16. The van der Waals surface area contributed by atoms with E-state index in [1.54, 1.807) is 31.4 Å². The van der Waals surface area contributed by atoms with Gasteiger partial charge in [0.1, 0.15) is 5.75 Å². The number of anilines is 1. The predicted molar refractivity (Wildman–Crippen MR) is 122 cm³/mol. The zero-order valence-corrected chi connectivity index (χ0v) is 18.4. The average Bonchev–Trinajstić information content (AvgIpc) is 2.80. The summed E-state index contributed by atoms with van der Waals surface area (Å²) < 4.78 is 32.8. The Morgan fingerprint density at radius 2 is 1.58 bits per heavy atom. The highest BCUT2D eigenvalue weighted by atomic mass is 32.2. The number of carbonyl (C=O) groups is 1. The number of hydrogen-bond donors (Lipinski definition) is 2. The third kappa shape index (κ3) is 5.86. The molecule has 3 aromatic carbocycles. The minimum atomic E-state index is -3.76. The van der Waals surface area contributed by atoms with Crippen molar-refractivity contribution in [2.24, 2.45) is 0 Å². The number of benzene rings is 3. The quantitative estimate of drug-likeness (QED) is 0.518. The molecule has 0 aromatic heterocycles. The van der Waals surface area contributed by atoms with E-state index in [1.807, 2.05) is 18.2 Å². The van der Waals surface area contributed by atoms with Crippen LogP contribution >= 0.6 is 0 Å². The van der Waals surface area contributed by atoms with Crippen LogP contribution in [0.2, 0.25) is 0 Å². The predicted octanol–water partition coefficient (Wildman–Crippen LogP) is 4.42. The Kier molecular flexibility index (Phi) is 7.31. The average molecular weight is 439 g/mol. The van der Waals surface area contributed by atoms with Gasteiger partial charge in [0.05, 0.1) is 12.0 Å². The summed E-state index contributed by atoms with van der Waals surface area (Å²) in [5.41, 5.74) is 2.01. The summed E-state index contributed by atoms with van der Waals surface area (Å²) in [6, 6.07) is 22.5. The summed E-state index contributed by atoms with van der Waals surface area (Å²) >= 11 is 0. The van der Waals surface area contributed by atoms with Gasteiger partial charge in [-0.2, -0.15) is 0 Å². The minimum absolute atomic E-state index is 0.0792. The smallest absolute Gasteiger partial charge is 0.261 e. The van der Waals surface area contributed by atoms with Crippen LogP contribution in [0.4, 0.5) is 5.69 Å². The lowest BCUT2D eigenvalue weighted by atomic mass is 9.96. The van der Waals surface area contributed by atoms with Gasteiger partial charge in [0, 0.05) is 23.7 Å². The first kappa shape index (κ1) is 22.4. The number of amides is 1. The molecule has 0 bridgehead atoms. The van der Waals surface area contributed by atoms with Crippen LogP contribution < -0.4 is 14.8 Å². The molecular formula is C24H26N2O4S. The molecule has 2 N–H and O–H groups in total. The van der Waals surface area contributed by atoms with Gasteiger partial charge in [-0.3, -0.25) is 9.52 Å². The maximum absolute atomic E-state index is 12.6. The van der Waals surface area contributed by atoms with Crippen molar-refractivity contribution in [1.29, 1.82) is 0 Å². The second-order valence-corrected chi connectivity index (χ2v) is 8.77. The molecule has 0 aliphatic heterocycles. The molecule has 3 aromatic rings. The van der Waals surface area contributed by atoms with Gasteiger partial charge in [0.15, 0.2) is 0 Å². The highest BCUT2D eigenvalue weighted by Gasteiger charge is 2.16. The van der Waals surface area contributed by atoms with Crippen LogP contribution in [0.25, 0.3) is 0 Å². The first-order valence-corrected chi connectivity index (χ1v) is 11.5. The molecule has 31 heavy (non-hydrogen) atoms. The van der Waals surface area contributed by atoms with Crippen molar-refractivity contribution in [2.75, 3.05) is 18.4 Å². The fourth-order valence-electron chi connectivity index (χ4n) is 3.20. The van der Waals surface area contributed by atoms with Crippen LogP contribution in [0.3, 0.4) is 0 Å². The fourth-order valence-corrected chi connectivity index (χ4v) is 4.26. The highest BCUT2D eigenvalue weighted by molar-refractivity contribution is 7.92. The van der Waals surface area contributed by atoms with E-state index in [-0.39, 0.29) is 16.7 Å². The van der Waals surface area contributed by atoms with Crippen LogP contribution in [0.15, 0.2) is 83.8 Å². The summed E-state index contributed by atoms with van der Waals surface area (Å²) in [4.78, 5) is 12.6. The molecule has 0 spiro atoms. The Morgan fingerprint density at radius 3 is 2.16 bits per heavy atom. The molecular weight excluding hydrogens is 412 g/mol. The lowest BCUT2D eigenvalue weighted by molar-refractivity contribution is 0.0951. The van der Waals surface area contributed by atoms with Gasteiger partial charge < -0.3 is 10.1 Å². The second-order valence-electron chi connectivity index (χ2n) is 7.08. The molecule has 0 saturated heterocycles. The van der Waals surface area contributed by atoms with E-state index < -0.39 is 10.0 Å². The van der Waals surface area contributed by atoms with Gasteiger partial charge in [-0.1, -0.05) is 37.3 Å². The molecule has 1 unspecified atom stereocenters. The maximum Gasteiger partial charge on any atom is 0.261 e. The van der Waals surface area contributed by atoms with E-state index >= 15 is 0 Å². The standard InChI is InChI=1S/C24H26N2O4S/c1-3-18(19-7-5-4-6-8-19)17-25-24(27)20-9-15-23(16-10-20)31(28,29)26-21-11-13-22(30-2)14-12-21/h4-16,18,26H,3,17H2,1-2H3,(H,25,27). The summed E-state index contributed by atoms with van der Waals surface area (Å²) in [5.74, 6) is 0.621. The number of carbonyl (C=O) groups excluding carboxylic acids is 1. The van der Waals surface area contributed by atoms with Crippen LogP contribution in [0.5, 0.6) is 5.75 Å². The van der Waals surface area contributed by atoms with E-state index in [9.17, 15) is 13.2 Å². The van der Waals surface area contributed by atoms with Crippen molar-refractivity contribution in [2.45, 2.75) is 24.2 Å². The number of methoxy groups -OCH3 is 1. The first-order valence-electron chi connectivity index (χ1n) is 10.0. The van der Waals surface area contributed by atoms with E-state index in [2.05, 4.69) is 29.1 Å². The fraction of sp³-hybridized carbons (Fsp3) is 0.208. The van der Waals surface area contributed by atoms with Crippen molar-refractivity contribution >= 4 is 21.6 Å². The number of nitrogens with one attached hydrogen (secondary N) is 2. The van der Waals surface area contributed by atoms with Crippen LogP contribution in [0, 0.1) is 0 Å². The Balaban J connectivity index is 1.63. The molecule has 1 amide bonds. The maximum atomic E-state index is 12.6. The molecule has 0 aliphatic carbocycles. The minimum Gasteiger partial charge on any atom is -0.497 e. The van der Waals surface area contributed by atoms with Gasteiger partial charge in [-0.25, -0.2) is 8.42 Å². The van der Waals surface area contributed by atoms with Crippen molar-refractivity contribution in [3.05, 3.63) is 90.0 Å². The highest BCUT2D eigenvalue weighted by Crippen LogP contribution is 2.20. The third-order valence-corrected chi connectivity index (χ3v) is 6.44. The summed E-state index contributed by atoms with van der Waals surface area (Å²) in [5, 5.41) is 2.94. The van der Waals surface area contributed by atoms with Crippen LogP contribution in [0.1, 0.15) is 35.2 Å². The zero-order chi connectivity index (χ0) is 22.3. The lowest BCUT2D eigenvalue weighted by Crippen LogP contribution is -2.28. The summed E-state index contributed by atoms with van der Waals surface area (Å²) in [6.45, 7) is 2.59. The largest absolute Gasteiger partial charge is 0.497 e. The molecule has 0 radical (unpaired) electrons. The number of ether oxygens (including phenoxy) is 1. The van der Waals surface area contributed by atoms with Crippen molar-refractivity contribution in [3.8, 4) is 5.75 Å². The molecule has 162 valence electrons. The van der Waals surface area contributed by atoms with Gasteiger partial charge in [-0.15, -0.1) is 0 Å². The molecule has 3 rings (SSSR count). The van der Waals surface area contributed by atoms with E-state index in [1.165, 1.54) is 29.8 Å². The molecule has 0 aliphatic rings. The zero-order valence-electron chi connectivity index (χ0n) is 17.5. The van der Waals surface area contributed by atoms with Gasteiger partial charge in [0.2, 0.25) is 0 Å². The Hall–Kier alpha value is -3.32. The third-order valence-electron chi connectivity index (χ3n) is 5.04. The number of rotatable bonds is 9. The van der Waals surface area contributed by atoms with E-state index in [0.717, 1.165) is 6.42 Å². The monoisotopic (exact) mass is 438 g/mol. The summed E-state index contributed by atoms with van der Waals surface area (Å²) in [7, 11) is -2.22.